The minimum Gasteiger partial charge on any atom is -0.491 e. The zero-order chi connectivity index (χ0) is 24.0. The van der Waals surface area contributed by atoms with Gasteiger partial charge >= 0.3 is 0 Å². The van der Waals surface area contributed by atoms with E-state index in [2.05, 4.69) is 20.7 Å². The number of hydrogen-bond acceptors (Lipinski definition) is 6. The van der Waals surface area contributed by atoms with Gasteiger partial charge in [0.05, 0.1) is 17.8 Å². The third-order valence-corrected chi connectivity index (χ3v) is 5.02. The number of imidazole rings is 1. The lowest BCUT2D eigenvalue weighted by Crippen LogP contribution is -2.22. The van der Waals surface area contributed by atoms with Crippen LogP contribution in [-0.4, -0.2) is 50.6 Å². The van der Waals surface area contributed by atoms with Crippen LogP contribution in [-0.2, 0) is 17.9 Å². The van der Waals surface area contributed by atoms with E-state index in [1.54, 1.807) is 22.9 Å². The number of amides is 2. The summed E-state index contributed by atoms with van der Waals surface area (Å²) in [7, 11) is 0. The third kappa shape index (κ3) is 5.57. The number of hydrogen-bond donors (Lipinski definition) is 2. The molecule has 0 atom stereocenters. The first-order chi connectivity index (χ1) is 15.9. The van der Waals surface area contributed by atoms with Crippen molar-refractivity contribution in [2.45, 2.75) is 53.6 Å². The second-order valence-electron chi connectivity index (χ2n) is 7.72. The number of aromatic nitrogens is 4. The number of ether oxygens (including phenoxy) is 1. The molecule has 33 heavy (non-hydrogen) atoms. The van der Waals surface area contributed by atoms with Crippen molar-refractivity contribution in [1.82, 2.24) is 24.6 Å². The zero-order valence-corrected chi connectivity index (χ0v) is 19.5. The molecule has 1 aromatic carbocycles. The molecule has 2 heterocycles. The lowest BCUT2D eigenvalue weighted by Gasteiger charge is -2.13. The molecular weight excluding hydrogens is 424 g/mol. The fourth-order valence-corrected chi connectivity index (χ4v) is 3.62. The standard InChI is InChI=1S/C23H30N6O4/c1-5-9-28-21-18(12-17(14-30)13-20(21)33-10-7-8-24-16(4)31)25-23(28)26-22(32)19-11-15(3)27-29(19)6-2/h11-14H,5-10H2,1-4H3,(H,24,31)(H,25,26,32). The van der Waals surface area contributed by atoms with Gasteiger partial charge in [-0.05, 0) is 44.9 Å². The van der Waals surface area contributed by atoms with Crippen molar-refractivity contribution in [3.05, 3.63) is 35.2 Å². The van der Waals surface area contributed by atoms with E-state index < -0.39 is 0 Å². The van der Waals surface area contributed by atoms with Crippen LogP contribution in [0.5, 0.6) is 5.75 Å². The van der Waals surface area contributed by atoms with Crippen molar-refractivity contribution in [1.29, 1.82) is 0 Å². The van der Waals surface area contributed by atoms with Crippen LogP contribution in [0.15, 0.2) is 18.2 Å². The van der Waals surface area contributed by atoms with Crippen LogP contribution in [0.25, 0.3) is 11.0 Å². The predicted molar refractivity (Wildman–Crippen MR) is 125 cm³/mol. The zero-order valence-electron chi connectivity index (χ0n) is 19.5. The molecule has 2 aromatic heterocycles. The minimum absolute atomic E-state index is 0.0960. The van der Waals surface area contributed by atoms with Crippen molar-refractivity contribution in [3.63, 3.8) is 0 Å². The number of nitrogens with one attached hydrogen (secondary N) is 2. The molecule has 0 aliphatic heterocycles. The smallest absolute Gasteiger partial charge is 0.276 e. The van der Waals surface area contributed by atoms with Gasteiger partial charge in [-0.25, -0.2) is 4.98 Å². The highest BCUT2D eigenvalue weighted by Gasteiger charge is 2.20. The van der Waals surface area contributed by atoms with E-state index in [0.29, 0.717) is 66.7 Å². The van der Waals surface area contributed by atoms with Gasteiger partial charge in [-0.3, -0.25) is 24.4 Å². The predicted octanol–water partition coefficient (Wildman–Crippen LogP) is 2.94. The number of carbonyl (C=O) groups excluding carboxylic acids is 3. The summed E-state index contributed by atoms with van der Waals surface area (Å²) in [5, 5.41) is 9.96. The van der Waals surface area contributed by atoms with Crippen LogP contribution in [0.4, 0.5) is 5.95 Å². The van der Waals surface area contributed by atoms with Crippen molar-refractivity contribution in [2.75, 3.05) is 18.5 Å². The summed E-state index contributed by atoms with van der Waals surface area (Å²) in [5.74, 6) is 0.484. The largest absolute Gasteiger partial charge is 0.491 e. The van der Waals surface area contributed by atoms with Crippen molar-refractivity contribution in [2.24, 2.45) is 0 Å². The highest BCUT2D eigenvalue weighted by atomic mass is 16.5. The molecular formula is C23H30N6O4. The fraction of sp³-hybridized carbons (Fsp3) is 0.435. The van der Waals surface area contributed by atoms with Gasteiger partial charge in [0.25, 0.3) is 5.91 Å². The number of nitrogens with zero attached hydrogens (tertiary/aromatic N) is 4. The Morgan fingerprint density at radius 3 is 2.67 bits per heavy atom. The number of aldehydes is 1. The van der Waals surface area contributed by atoms with Crippen molar-refractivity contribution >= 4 is 35.1 Å². The maximum Gasteiger partial charge on any atom is 0.276 e. The number of fused-ring (bicyclic) bond motifs is 1. The quantitative estimate of drug-likeness (QED) is 0.340. The number of anilines is 1. The van der Waals surface area contributed by atoms with Gasteiger partial charge in [-0.15, -0.1) is 0 Å². The number of carbonyl (C=O) groups is 3. The molecule has 3 rings (SSSR count). The molecule has 0 aliphatic rings. The summed E-state index contributed by atoms with van der Waals surface area (Å²) < 4.78 is 9.51. The van der Waals surface area contributed by atoms with Gasteiger partial charge in [0, 0.05) is 32.1 Å². The van der Waals surface area contributed by atoms with Crippen LogP contribution in [0.2, 0.25) is 0 Å². The summed E-state index contributed by atoms with van der Waals surface area (Å²) in [6, 6.07) is 5.08. The monoisotopic (exact) mass is 454 g/mol. The summed E-state index contributed by atoms with van der Waals surface area (Å²) in [4.78, 5) is 40.1. The number of rotatable bonds is 11. The number of benzene rings is 1. The lowest BCUT2D eigenvalue weighted by molar-refractivity contribution is -0.118. The molecule has 2 amide bonds. The van der Waals surface area contributed by atoms with E-state index >= 15 is 0 Å². The normalized spacial score (nSPS) is 10.9. The summed E-state index contributed by atoms with van der Waals surface area (Å²) in [6.07, 6.45) is 2.15. The average Bonchev–Trinajstić information content (AvgIpc) is 3.33. The van der Waals surface area contributed by atoms with Gasteiger partial charge < -0.3 is 14.6 Å². The Morgan fingerprint density at radius 2 is 2.00 bits per heavy atom. The van der Waals surface area contributed by atoms with E-state index in [1.807, 2.05) is 25.3 Å². The Bertz CT molecular complexity index is 1160. The van der Waals surface area contributed by atoms with Gasteiger partial charge in [0.15, 0.2) is 0 Å². The molecule has 0 fully saturated rings. The second-order valence-corrected chi connectivity index (χ2v) is 7.72. The first-order valence-corrected chi connectivity index (χ1v) is 11.1. The van der Waals surface area contributed by atoms with E-state index in [9.17, 15) is 14.4 Å². The molecule has 0 bridgehead atoms. The summed E-state index contributed by atoms with van der Waals surface area (Å²) >= 11 is 0. The molecule has 0 unspecified atom stereocenters. The summed E-state index contributed by atoms with van der Waals surface area (Å²) in [5.41, 5.74) is 2.90. The molecule has 2 N–H and O–H groups in total. The Morgan fingerprint density at radius 1 is 1.21 bits per heavy atom. The Hall–Kier alpha value is -3.69. The molecule has 0 aliphatic carbocycles. The minimum atomic E-state index is -0.307. The second kappa shape index (κ2) is 10.8. The summed E-state index contributed by atoms with van der Waals surface area (Å²) in [6.45, 7) is 9.27. The van der Waals surface area contributed by atoms with Gasteiger partial charge in [-0.1, -0.05) is 6.92 Å². The Labute approximate surface area is 192 Å². The van der Waals surface area contributed by atoms with E-state index in [0.717, 1.165) is 18.4 Å². The Kier molecular flexibility index (Phi) is 7.81. The van der Waals surface area contributed by atoms with E-state index in [-0.39, 0.29) is 11.8 Å². The highest BCUT2D eigenvalue weighted by Crippen LogP contribution is 2.31. The molecule has 0 spiro atoms. The van der Waals surface area contributed by atoms with Crippen LogP contribution in [0.3, 0.4) is 0 Å². The molecule has 0 saturated heterocycles. The topological polar surface area (TPSA) is 120 Å². The molecule has 10 heteroatoms. The molecule has 3 aromatic rings. The van der Waals surface area contributed by atoms with Crippen LogP contribution < -0.4 is 15.4 Å². The Balaban J connectivity index is 1.95. The maximum atomic E-state index is 13.0. The fourth-order valence-electron chi connectivity index (χ4n) is 3.62. The average molecular weight is 455 g/mol. The van der Waals surface area contributed by atoms with Crippen molar-refractivity contribution in [3.8, 4) is 5.75 Å². The van der Waals surface area contributed by atoms with Gasteiger partial charge in [-0.2, -0.15) is 5.10 Å². The van der Waals surface area contributed by atoms with Crippen molar-refractivity contribution < 1.29 is 19.1 Å². The van der Waals surface area contributed by atoms with Crippen LogP contribution in [0, 0.1) is 6.92 Å². The first kappa shape index (κ1) is 24.0. The van der Waals surface area contributed by atoms with Gasteiger partial charge in [0.2, 0.25) is 11.9 Å². The van der Waals surface area contributed by atoms with E-state index in [1.165, 1.54) is 6.92 Å². The third-order valence-electron chi connectivity index (χ3n) is 5.02. The maximum absolute atomic E-state index is 13.0. The molecule has 0 radical (unpaired) electrons. The van der Waals surface area contributed by atoms with Crippen LogP contribution >= 0.6 is 0 Å². The van der Waals surface area contributed by atoms with Gasteiger partial charge in [0.1, 0.15) is 23.2 Å². The number of aryl methyl sites for hydroxylation is 3. The molecule has 176 valence electrons. The highest BCUT2D eigenvalue weighted by molar-refractivity contribution is 6.03. The molecule has 0 saturated carbocycles. The SMILES string of the molecule is CCCn1c(NC(=O)c2cc(C)nn2CC)nc2cc(C=O)cc(OCCCNC(C)=O)c21. The lowest BCUT2D eigenvalue weighted by atomic mass is 10.2. The molecule has 10 nitrogen and oxygen atoms in total. The van der Waals surface area contributed by atoms with Crippen LogP contribution in [0.1, 0.15) is 60.2 Å². The first-order valence-electron chi connectivity index (χ1n) is 11.1. The van der Waals surface area contributed by atoms with E-state index in [4.69, 9.17) is 4.74 Å².